The predicted molar refractivity (Wildman–Crippen MR) is 77.5 cm³/mol. The third-order valence-corrected chi connectivity index (χ3v) is 3.92. The van der Waals surface area contributed by atoms with Crippen LogP contribution in [0, 0.1) is 11.8 Å². The van der Waals surface area contributed by atoms with E-state index in [4.69, 9.17) is 10.8 Å². The predicted octanol–water partition coefficient (Wildman–Crippen LogP) is 0.783. The van der Waals surface area contributed by atoms with Gasteiger partial charge in [-0.25, -0.2) is 4.79 Å². The number of urea groups is 1. The number of hydrogen-bond acceptors (Lipinski definition) is 3. The van der Waals surface area contributed by atoms with Crippen LogP contribution in [0.25, 0.3) is 0 Å². The first-order chi connectivity index (χ1) is 9.79. The van der Waals surface area contributed by atoms with E-state index in [0.717, 1.165) is 12.8 Å². The number of piperidine rings is 1. The highest BCUT2D eigenvalue weighted by Crippen LogP contribution is 2.26. The van der Waals surface area contributed by atoms with Gasteiger partial charge in [0.2, 0.25) is 5.91 Å². The van der Waals surface area contributed by atoms with Crippen molar-refractivity contribution in [3.8, 4) is 0 Å². The Bertz CT molecular complexity index is 400. The van der Waals surface area contributed by atoms with E-state index in [1.165, 1.54) is 0 Å². The minimum Gasteiger partial charge on any atom is -0.481 e. The smallest absolute Gasteiger partial charge is 0.317 e. The zero-order valence-electron chi connectivity index (χ0n) is 12.7. The maximum atomic E-state index is 12.1. The summed E-state index contributed by atoms with van der Waals surface area (Å²) in [5.74, 6) is -1.01. The van der Waals surface area contributed by atoms with E-state index in [9.17, 15) is 14.4 Å². The lowest BCUT2D eigenvalue weighted by Gasteiger charge is -2.36. The highest BCUT2D eigenvalue weighted by molar-refractivity contribution is 5.77. The van der Waals surface area contributed by atoms with E-state index in [1.807, 2.05) is 6.92 Å². The fourth-order valence-corrected chi connectivity index (χ4v) is 2.76. The zero-order chi connectivity index (χ0) is 16.0. The van der Waals surface area contributed by atoms with Crippen molar-refractivity contribution in [1.29, 1.82) is 0 Å². The quantitative estimate of drug-likeness (QED) is 0.672. The van der Waals surface area contributed by atoms with Gasteiger partial charge in [-0.05, 0) is 31.6 Å². The number of likely N-dealkylation sites (tertiary alicyclic amines) is 1. The number of carboxylic acids is 1. The summed E-state index contributed by atoms with van der Waals surface area (Å²) in [6.07, 6.45) is 2.04. The van der Waals surface area contributed by atoms with E-state index in [1.54, 1.807) is 11.8 Å². The van der Waals surface area contributed by atoms with E-state index in [0.29, 0.717) is 13.1 Å². The summed E-state index contributed by atoms with van der Waals surface area (Å²) in [5.41, 5.74) is 5.10. The first-order valence-corrected chi connectivity index (χ1v) is 7.35. The van der Waals surface area contributed by atoms with E-state index in [2.05, 4.69) is 5.32 Å². The van der Waals surface area contributed by atoms with Crippen LogP contribution in [0.3, 0.4) is 0 Å². The molecular weight excluding hydrogens is 274 g/mol. The second-order valence-corrected chi connectivity index (χ2v) is 5.94. The van der Waals surface area contributed by atoms with Crippen LogP contribution < -0.4 is 11.1 Å². The van der Waals surface area contributed by atoms with Crippen LogP contribution in [0.2, 0.25) is 0 Å². The molecule has 0 aromatic rings. The molecule has 1 rings (SSSR count). The number of carbonyl (C=O) groups is 3. The lowest BCUT2D eigenvalue weighted by Crippen LogP contribution is -2.49. The van der Waals surface area contributed by atoms with Crippen molar-refractivity contribution in [3.63, 3.8) is 0 Å². The van der Waals surface area contributed by atoms with Crippen molar-refractivity contribution < 1.29 is 19.5 Å². The molecule has 7 nitrogen and oxygen atoms in total. The molecule has 0 spiro atoms. The van der Waals surface area contributed by atoms with Crippen molar-refractivity contribution in [2.24, 2.45) is 17.6 Å². The first kappa shape index (κ1) is 17.3. The number of rotatable bonds is 6. The molecule has 0 saturated carbocycles. The Balaban J connectivity index is 2.49. The third-order valence-electron chi connectivity index (χ3n) is 3.92. The van der Waals surface area contributed by atoms with Crippen LogP contribution in [0.1, 0.15) is 39.5 Å². The molecule has 3 amide bonds. The molecular formula is C14H25N3O4. The summed E-state index contributed by atoms with van der Waals surface area (Å²) < 4.78 is 0. The Morgan fingerprint density at radius 1 is 1.33 bits per heavy atom. The summed E-state index contributed by atoms with van der Waals surface area (Å²) in [5, 5.41) is 11.6. The maximum absolute atomic E-state index is 12.1. The van der Waals surface area contributed by atoms with Gasteiger partial charge in [0.1, 0.15) is 0 Å². The van der Waals surface area contributed by atoms with Crippen molar-refractivity contribution in [2.75, 3.05) is 13.1 Å². The molecule has 3 atom stereocenters. The Labute approximate surface area is 124 Å². The largest absolute Gasteiger partial charge is 0.481 e. The number of carboxylic acid groups (broad SMARTS) is 1. The molecule has 0 aliphatic carbocycles. The van der Waals surface area contributed by atoms with Crippen LogP contribution >= 0.6 is 0 Å². The zero-order valence-corrected chi connectivity index (χ0v) is 12.7. The SMILES string of the molecule is CC(CC(N)=O)NC(=O)N1CCCC(C(C)CC(=O)O)C1. The molecule has 3 unspecified atom stereocenters. The van der Waals surface area contributed by atoms with E-state index in [-0.39, 0.29) is 36.8 Å². The Morgan fingerprint density at radius 2 is 2.00 bits per heavy atom. The average Bonchev–Trinajstić information content (AvgIpc) is 2.36. The number of nitrogens with zero attached hydrogens (tertiary/aromatic N) is 1. The minimum atomic E-state index is -0.806. The molecule has 1 aliphatic heterocycles. The molecule has 7 heteroatoms. The van der Waals surface area contributed by atoms with Crippen LogP contribution in [0.4, 0.5) is 4.79 Å². The lowest BCUT2D eigenvalue weighted by molar-refractivity contribution is -0.138. The van der Waals surface area contributed by atoms with Crippen molar-refractivity contribution in [1.82, 2.24) is 10.2 Å². The Kier molecular flexibility index (Phi) is 6.45. The molecule has 120 valence electrons. The second kappa shape index (κ2) is 7.85. The van der Waals surface area contributed by atoms with Crippen LogP contribution in [-0.2, 0) is 9.59 Å². The summed E-state index contributed by atoms with van der Waals surface area (Å²) in [4.78, 5) is 35.4. The van der Waals surface area contributed by atoms with Gasteiger partial charge in [-0.1, -0.05) is 6.92 Å². The summed E-state index contributed by atoms with van der Waals surface area (Å²) >= 11 is 0. The molecule has 4 N–H and O–H groups in total. The van der Waals surface area contributed by atoms with Gasteiger partial charge in [0.25, 0.3) is 0 Å². The number of aliphatic carboxylic acids is 1. The fourth-order valence-electron chi connectivity index (χ4n) is 2.76. The topological polar surface area (TPSA) is 113 Å². The van der Waals surface area contributed by atoms with E-state index < -0.39 is 11.9 Å². The standard InChI is InChI=1S/C14H25N3O4/c1-9(6-13(19)20)11-4-3-5-17(8-11)14(21)16-10(2)7-12(15)18/h9-11H,3-8H2,1-2H3,(H2,15,18)(H,16,21)(H,19,20). The molecule has 0 aromatic carbocycles. The molecule has 21 heavy (non-hydrogen) atoms. The highest BCUT2D eigenvalue weighted by atomic mass is 16.4. The van der Waals surface area contributed by atoms with Gasteiger partial charge in [-0.15, -0.1) is 0 Å². The lowest BCUT2D eigenvalue weighted by atomic mass is 9.85. The number of nitrogens with two attached hydrogens (primary N) is 1. The molecule has 0 bridgehead atoms. The summed E-state index contributed by atoms with van der Waals surface area (Å²) in [6.45, 7) is 4.86. The summed E-state index contributed by atoms with van der Waals surface area (Å²) in [6, 6.07) is -0.511. The monoisotopic (exact) mass is 299 g/mol. The van der Waals surface area contributed by atoms with Gasteiger partial charge in [0.05, 0.1) is 0 Å². The third kappa shape index (κ3) is 6.01. The Morgan fingerprint density at radius 3 is 2.57 bits per heavy atom. The van der Waals surface area contributed by atoms with E-state index >= 15 is 0 Å². The summed E-state index contributed by atoms with van der Waals surface area (Å²) in [7, 11) is 0. The number of primary amides is 1. The maximum Gasteiger partial charge on any atom is 0.317 e. The number of amides is 3. The normalized spacial score (nSPS) is 21.4. The average molecular weight is 299 g/mol. The highest BCUT2D eigenvalue weighted by Gasteiger charge is 2.28. The van der Waals surface area contributed by atoms with Crippen molar-refractivity contribution >= 4 is 17.9 Å². The van der Waals surface area contributed by atoms with Crippen LogP contribution in [0.15, 0.2) is 0 Å². The Hall–Kier alpha value is -1.79. The van der Waals surface area contributed by atoms with Gasteiger partial charge in [0, 0.05) is 32.0 Å². The first-order valence-electron chi connectivity index (χ1n) is 7.35. The fraction of sp³-hybridized carbons (Fsp3) is 0.786. The second-order valence-electron chi connectivity index (χ2n) is 5.94. The molecule has 1 saturated heterocycles. The molecule has 1 fully saturated rings. The van der Waals surface area contributed by atoms with Gasteiger partial charge in [0.15, 0.2) is 0 Å². The van der Waals surface area contributed by atoms with Gasteiger partial charge in [-0.3, -0.25) is 9.59 Å². The molecule has 0 aromatic heterocycles. The number of hydrogen-bond donors (Lipinski definition) is 3. The molecule has 0 radical (unpaired) electrons. The van der Waals surface area contributed by atoms with Crippen molar-refractivity contribution in [3.05, 3.63) is 0 Å². The molecule has 1 aliphatic rings. The van der Waals surface area contributed by atoms with Gasteiger partial charge in [-0.2, -0.15) is 0 Å². The number of carbonyl (C=O) groups excluding carboxylic acids is 2. The number of nitrogens with one attached hydrogen (secondary N) is 1. The van der Waals surface area contributed by atoms with Crippen LogP contribution in [0.5, 0.6) is 0 Å². The minimum absolute atomic E-state index is 0.0427. The molecule has 1 heterocycles. The van der Waals surface area contributed by atoms with Crippen molar-refractivity contribution in [2.45, 2.75) is 45.6 Å². The van der Waals surface area contributed by atoms with Crippen LogP contribution in [-0.4, -0.2) is 47.0 Å². The van der Waals surface area contributed by atoms with Gasteiger partial charge < -0.3 is 21.1 Å². The van der Waals surface area contributed by atoms with Gasteiger partial charge >= 0.3 is 12.0 Å².